The van der Waals surface area contributed by atoms with Crippen LogP contribution in [0.1, 0.15) is 6.42 Å². The Morgan fingerprint density at radius 3 is 3.20 bits per heavy atom. The molecule has 10 heavy (non-hydrogen) atoms. The summed E-state index contributed by atoms with van der Waals surface area (Å²) in [5.41, 5.74) is 0.255. The lowest BCUT2D eigenvalue weighted by atomic mass is 10.2. The highest BCUT2D eigenvalue weighted by molar-refractivity contribution is 6.08. The molecule has 0 saturated carbocycles. The molecule has 0 radical (unpaired) electrons. The number of hydrogen-bond acceptors (Lipinski definition) is 2. The summed E-state index contributed by atoms with van der Waals surface area (Å²) in [5, 5.41) is 8.48. The standard InChI is InChI=1S/C7H7NO2/c9-7(10)6-3-1-2-4-8-5-6/h2-5H,1H2,(H,9,10). The molecule has 1 heterocycles. The SMILES string of the molecule is O=C(O)C1=CCC=CN=C1. The van der Waals surface area contributed by atoms with Crippen molar-refractivity contribution in [3.05, 3.63) is 23.9 Å². The highest BCUT2D eigenvalue weighted by atomic mass is 16.4. The van der Waals surface area contributed by atoms with Gasteiger partial charge in [0.05, 0.1) is 5.57 Å². The van der Waals surface area contributed by atoms with E-state index in [9.17, 15) is 4.79 Å². The molecular weight excluding hydrogens is 130 g/mol. The normalized spacial score (nSPS) is 16.2. The number of rotatable bonds is 1. The summed E-state index contributed by atoms with van der Waals surface area (Å²) in [6, 6.07) is 0. The summed E-state index contributed by atoms with van der Waals surface area (Å²) < 4.78 is 0. The van der Waals surface area contributed by atoms with Crippen LogP contribution in [0.25, 0.3) is 0 Å². The minimum atomic E-state index is -0.924. The summed E-state index contributed by atoms with van der Waals surface area (Å²) in [7, 11) is 0. The number of carboxylic acids is 1. The van der Waals surface area contributed by atoms with Gasteiger partial charge in [0.25, 0.3) is 0 Å². The first-order valence-corrected chi connectivity index (χ1v) is 2.92. The molecule has 0 bridgehead atoms. The van der Waals surface area contributed by atoms with E-state index in [4.69, 9.17) is 5.11 Å². The van der Waals surface area contributed by atoms with Crippen molar-refractivity contribution in [1.82, 2.24) is 0 Å². The van der Waals surface area contributed by atoms with Crippen molar-refractivity contribution in [2.75, 3.05) is 0 Å². The molecule has 1 aliphatic rings. The van der Waals surface area contributed by atoms with E-state index < -0.39 is 5.97 Å². The summed E-state index contributed by atoms with van der Waals surface area (Å²) in [5.74, 6) is -0.924. The Morgan fingerprint density at radius 1 is 1.70 bits per heavy atom. The van der Waals surface area contributed by atoms with E-state index in [1.807, 2.05) is 0 Å². The van der Waals surface area contributed by atoms with Gasteiger partial charge in [-0.3, -0.25) is 4.99 Å². The van der Waals surface area contributed by atoms with Crippen LogP contribution in [0.4, 0.5) is 0 Å². The van der Waals surface area contributed by atoms with Crippen LogP contribution in [0.5, 0.6) is 0 Å². The zero-order valence-corrected chi connectivity index (χ0v) is 5.32. The Morgan fingerprint density at radius 2 is 2.50 bits per heavy atom. The van der Waals surface area contributed by atoms with Crippen LogP contribution in [0.2, 0.25) is 0 Å². The van der Waals surface area contributed by atoms with Gasteiger partial charge in [0.1, 0.15) is 0 Å². The quantitative estimate of drug-likeness (QED) is 0.585. The molecule has 0 aromatic heterocycles. The molecule has 1 aliphatic heterocycles. The lowest BCUT2D eigenvalue weighted by Gasteiger charge is -1.87. The van der Waals surface area contributed by atoms with Crippen molar-refractivity contribution in [3.8, 4) is 0 Å². The topological polar surface area (TPSA) is 49.7 Å². The Labute approximate surface area is 58.4 Å². The Hall–Kier alpha value is -1.38. The number of hydrogen-bond donors (Lipinski definition) is 1. The molecule has 0 aliphatic carbocycles. The highest BCUT2D eigenvalue weighted by Crippen LogP contribution is 1.99. The molecule has 0 aromatic rings. The van der Waals surface area contributed by atoms with Crippen LogP contribution >= 0.6 is 0 Å². The lowest BCUT2D eigenvalue weighted by Crippen LogP contribution is -2.00. The number of carboxylic acid groups (broad SMARTS) is 1. The van der Waals surface area contributed by atoms with E-state index in [1.165, 1.54) is 6.21 Å². The fraction of sp³-hybridized carbons (Fsp3) is 0.143. The van der Waals surface area contributed by atoms with Crippen LogP contribution < -0.4 is 0 Å². The van der Waals surface area contributed by atoms with E-state index in [0.717, 1.165) is 0 Å². The third-order valence-electron chi connectivity index (χ3n) is 1.13. The summed E-state index contributed by atoms with van der Waals surface area (Å²) in [4.78, 5) is 14.0. The maximum atomic E-state index is 10.3. The molecular formula is C7H7NO2. The zero-order valence-electron chi connectivity index (χ0n) is 5.32. The fourth-order valence-corrected chi connectivity index (χ4v) is 0.635. The zero-order chi connectivity index (χ0) is 7.40. The lowest BCUT2D eigenvalue weighted by molar-refractivity contribution is -0.132. The van der Waals surface area contributed by atoms with Gasteiger partial charge in [0.2, 0.25) is 0 Å². The molecule has 52 valence electrons. The molecule has 1 N–H and O–H groups in total. The molecule has 0 aromatic carbocycles. The molecule has 0 saturated heterocycles. The van der Waals surface area contributed by atoms with Crippen LogP contribution in [0.3, 0.4) is 0 Å². The summed E-state index contributed by atoms with van der Waals surface area (Å²) in [6.07, 6.45) is 6.99. The van der Waals surface area contributed by atoms with Gasteiger partial charge in [-0.2, -0.15) is 0 Å². The first-order chi connectivity index (χ1) is 4.80. The second-order valence-corrected chi connectivity index (χ2v) is 1.86. The minimum Gasteiger partial charge on any atom is -0.478 e. The Bertz CT molecular complexity index is 226. The van der Waals surface area contributed by atoms with Crippen molar-refractivity contribution in [3.63, 3.8) is 0 Å². The maximum Gasteiger partial charge on any atom is 0.336 e. The fourth-order valence-electron chi connectivity index (χ4n) is 0.635. The largest absolute Gasteiger partial charge is 0.478 e. The van der Waals surface area contributed by atoms with Gasteiger partial charge < -0.3 is 5.11 Å². The molecule has 0 unspecified atom stereocenters. The van der Waals surface area contributed by atoms with Crippen LogP contribution in [-0.4, -0.2) is 17.3 Å². The predicted molar refractivity (Wildman–Crippen MR) is 38.0 cm³/mol. The third kappa shape index (κ3) is 1.55. The van der Waals surface area contributed by atoms with Gasteiger partial charge in [0.15, 0.2) is 0 Å². The van der Waals surface area contributed by atoms with Crippen molar-refractivity contribution in [2.45, 2.75) is 6.42 Å². The number of aliphatic imine (C=N–C) groups is 1. The van der Waals surface area contributed by atoms with Crippen molar-refractivity contribution in [1.29, 1.82) is 0 Å². The summed E-state index contributed by atoms with van der Waals surface area (Å²) >= 11 is 0. The van der Waals surface area contributed by atoms with Crippen molar-refractivity contribution >= 4 is 12.2 Å². The third-order valence-corrected chi connectivity index (χ3v) is 1.13. The second-order valence-electron chi connectivity index (χ2n) is 1.86. The van der Waals surface area contributed by atoms with Crippen LogP contribution in [-0.2, 0) is 4.79 Å². The molecule has 3 heteroatoms. The van der Waals surface area contributed by atoms with Gasteiger partial charge in [-0.15, -0.1) is 0 Å². The number of carbonyl (C=O) groups is 1. The molecule has 1 rings (SSSR count). The van der Waals surface area contributed by atoms with E-state index in [-0.39, 0.29) is 5.57 Å². The van der Waals surface area contributed by atoms with E-state index in [1.54, 1.807) is 18.4 Å². The maximum absolute atomic E-state index is 10.3. The number of allylic oxidation sites excluding steroid dienone is 2. The smallest absolute Gasteiger partial charge is 0.336 e. The molecule has 0 atom stereocenters. The average molecular weight is 137 g/mol. The predicted octanol–water partition coefficient (Wildman–Crippen LogP) is 0.986. The first-order valence-electron chi connectivity index (χ1n) is 2.92. The van der Waals surface area contributed by atoms with E-state index in [0.29, 0.717) is 6.42 Å². The molecule has 3 nitrogen and oxygen atoms in total. The molecule has 0 fully saturated rings. The monoisotopic (exact) mass is 137 g/mol. The molecule has 0 spiro atoms. The van der Waals surface area contributed by atoms with Gasteiger partial charge in [0, 0.05) is 12.4 Å². The highest BCUT2D eigenvalue weighted by Gasteiger charge is 2.02. The van der Waals surface area contributed by atoms with Gasteiger partial charge in [-0.1, -0.05) is 12.2 Å². The Kier molecular flexibility index (Phi) is 1.99. The van der Waals surface area contributed by atoms with Crippen LogP contribution in [0, 0.1) is 0 Å². The first kappa shape index (κ1) is 6.74. The van der Waals surface area contributed by atoms with E-state index in [2.05, 4.69) is 4.99 Å². The molecule has 0 amide bonds. The van der Waals surface area contributed by atoms with Crippen molar-refractivity contribution in [2.24, 2.45) is 4.99 Å². The van der Waals surface area contributed by atoms with Gasteiger partial charge in [-0.05, 0) is 6.42 Å². The van der Waals surface area contributed by atoms with Gasteiger partial charge in [-0.25, -0.2) is 4.79 Å². The Balaban J connectivity index is 2.78. The van der Waals surface area contributed by atoms with E-state index >= 15 is 0 Å². The van der Waals surface area contributed by atoms with Gasteiger partial charge >= 0.3 is 5.97 Å². The summed E-state index contributed by atoms with van der Waals surface area (Å²) in [6.45, 7) is 0. The number of nitrogens with zero attached hydrogens (tertiary/aromatic N) is 1. The minimum absolute atomic E-state index is 0.255. The van der Waals surface area contributed by atoms with Crippen LogP contribution in [0.15, 0.2) is 28.9 Å². The second kappa shape index (κ2) is 2.96. The number of aliphatic carboxylic acids is 1. The van der Waals surface area contributed by atoms with Crippen molar-refractivity contribution < 1.29 is 9.90 Å². The average Bonchev–Trinajstić information content (AvgIpc) is 2.12.